The largest absolute Gasteiger partial charge is 2.00 e. The molecule has 0 fully saturated rings. The van der Waals surface area contributed by atoms with Gasteiger partial charge in [0.25, 0.3) is 0 Å². The number of hydrogen-bond donors (Lipinski definition) is 0. The van der Waals surface area contributed by atoms with Crippen molar-refractivity contribution in [3.63, 3.8) is 0 Å². The molecular formula is C51H41ClNOP2Pd. The molecule has 283 valence electrons. The van der Waals surface area contributed by atoms with E-state index in [2.05, 4.69) is 178 Å². The van der Waals surface area contributed by atoms with Crippen LogP contribution in [0.1, 0.15) is 25.0 Å². The molecule has 0 unspecified atom stereocenters. The van der Waals surface area contributed by atoms with Crippen LogP contribution < -0.4 is 49.0 Å². The molecule has 6 heteroatoms. The molecule has 1 N–H and O–H groups in total. The SMILES string of the molecule is CC1(C)c2cccc(P(c3ccccc3)c3ccccc3)c2Oc2c(P(c3ccccc3)c3ccccc3)cccc21.[Cl-].[NH-]c1ccccc1-c1[c]cccc1.[Pd+2]. The second kappa shape index (κ2) is 19.1. The molecular weight excluding hydrogens is 846 g/mol. The molecule has 0 spiro atoms. The van der Waals surface area contributed by atoms with E-state index in [4.69, 9.17) is 10.5 Å². The predicted molar refractivity (Wildman–Crippen MR) is 237 cm³/mol. The van der Waals surface area contributed by atoms with Crippen LogP contribution >= 0.6 is 15.8 Å². The Morgan fingerprint density at radius 3 is 1.23 bits per heavy atom. The minimum atomic E-state index is -0.824. The summed E-state index contributed by atoms with van der Waals surface area (Å²) in [6.07, 6.45) is 0. The molecule has 8 aromatic rings. The topological polar surface area (TPSA) is 33.0 Å². The zero-order valence-electron chi connectivity index (χ0n) is 31.6. The van der Waals surface area contributed by atoms with Gasteiger partial charge in [-0.1, -0.05) is 220 Å². The van der Waals surface area contributed by atoms with Gasteiger partial charge in [0.2, 0.25) is 0 Å². The van der Waals surface area contributed by atoms with Gasteiger partial charge in [0.15, 0.2) is 0 Å². The second-order valence-corrected chi connectivity index (χ2v) is 18.2. The summed E-state index contributed by atoms with van der Waals surface area (Å²) in [6, 6.07) is 75.5. The Morgan fingerprint density at radius 2 is 0.842 bits per heavy atom. The third-order valence-corrected chi connectivity index (χ3v) is 14.9. The Labute approximate surface area is 359 Å². The quantitative estimate of drug-likeness (QED) is 0.117. The maximum Gasteiger partial charge on any atom is 2.00 e. The number of halogens is 1. The van der Waals surface area contributed by atoms with E-state index in [1.54, 1.807) is 6.07 Å². The van der Waals surface area contributed by atoms with E-state index in [1.807, 2.05) is 42.5 Å². The second-order valence-electron chi connectivity index (χ2n) is 13.9. The van der Waals surface area contributed by atoms with E-state index in [0.29, 0.717) is 5.69 Å². The number of benzene rings is 8. The van der Waals surface area contributed by atoms with E-state index < -0.39 is 15.8 Å². The van der Waals surface area contributed by atoms with Gasteiger partial charge in [-0.15, -0.1) is 5.69 Å². The molecule has 0 amide bonds. The average molecular weight is 888 g/mol. The molecule has 2 nitrogen and oxygen atoms in total. The van der Waals surface area contributed by atoms with Crippen LogP contribution in [-0.4, -0.2) is 0 Å². The van der Waals surface area contributed by atoms with Crippen molar-refractivity contribution in [2.45, 2.75) is 19.3 Å². The van der Waals surface area contributed by atoms with Crippen LogP contribution in [0.3, 0.4) is 0 Å². The molecule has 0 atom stereocenters. The van der Waals surface area contributed by atoms with Crippen LogP contribution in [0.15, 0.2) is 206 Å². The Balaban J connectivity index is 0.000000312. The van der Waals surface area contributed by atoms with Gasteiger partial charge >= 0.3 is 20.4 Å². The van der Waals surface area contributed by atoms with E-state index in [9.17, 15) is 0 Å². The van der Waals surface area contributed by atoms with Crippen molar-refractivity contribution in [3.05, 3.63) is 229 Å². The van der Waals surface area contributed by atoms with Gasteiger partial charge in [-0.2, -0.15) is 0 Å². The minimum absolute atomic E-state index is 0. The minimum Gasteiger partial charge on any atom is -1.00 e. The van der Waals surface area contributed by atoms with Gasteiger partial charge in [0, 0.05) is 27.2 Å². The van der Waals surface area contributed by atoms with Crippen LogP contribution in [0.5, 0.6) is 11.5 Å². The first-order valence-corrected chi connectivity index (χ1v) is 21.2. The van der Waals surface area contributed by atoms with Crippen molar-refractivity contribution in [2.24, 2.45) is 0 Å². The number of fused-ring (bicyclic) bond motifs is 2. The first kappa shape index (κ1) is 41.8. The third kappa shape index (κ3) is 8.86. The predicted octanol–water partition coefficient (Wildman–Crippen LogP) is 8.47. The number of rotatable bonds is 7. The molecule has 1 aliphatic rings. The molecule has 1 heterocycles. The van der Waals surface area contributed by atoms with Gasteiger partial charge in [-0.25, -0.2) is 0 Å². The molecule has 0 bridgehead atoms. The average Bonchev–Trinajstić information content (AvgIpc) is 3.24. The van der Waals surface area contributed by atoms with Crippen molar-refractivity contribution in [1.29, 1.82) is 0 Å². The first-order valence-electron chi connectivity index (χ1n) is 18.5. The summed E-state index contributed by atoms with van der Waals surface area (Å²) in [4.78, 5) is 0. The van der Waals surface area contributed by atoms with Crippen molar-refractivity contribution < 1.29 is 37.6 Å². The molecule has 0 saturated heterocycles. The molecule has 0 saturated carbocycles. The summed E-state index contributed by atoms with van der Waals surface area (Å²) in [7, 11) is -1.65. The standard InChI is InChI=1S/C39H32OP2.C12H9N.ClH.Pd/c1-39(2)33-25-15-27-35(41(29-17-7-3-8-18-29)30-19-9-4-10-20-30)37(33)40-38-34(39)26-16-28-36(38)42(31-21-11-5-12-22-31)32-23-13-6-14-24-32;13-12-9-5-4-8-11(12)10-6-2-1-3-7-10;;/h3-28H,1-2H3;1-6,8-9,13H;1H;/q;-1;;+2/p-1. The summed E-state index contributed by atoms with van der Waals surface area (Å²) in [5.41, 5.74) is 12.4. The summed E-state index contributed by atoms with van der Waals surface area (Å²) in [6.45, 7) is 4.70. The number of ether oxygens (including phenoxy) is 1. The molecule has 9 rings (SSSR count). The van der Waals surface area contributed by atoms with Gasteiger partial charge in [0.05, 0.1) is 0 Å². The van der Waals surface area contributed by atoms with E-state index in [1.165, 1.54) is 43.0 Å². The summed E-state index contributed by atoms with van der Waals surface area (Å²) < 4.78 is 7.26. The zero-order valence-corrected chi connectivity index (χ0v) is 35.7. The van der Waals surface area contributed by atoms with Crippen LogP contribution in [0, 0.1) is 6.07 Å². The first-order chi connectivity index (χ1) is 27.0. The molecule has 1 radical (unpaired) electrons. The Kier molecular flexibility index (Phi) is 14.0. The normalized spacial score (nSPS) is 12.1. The molecule has 0 aliphatic carbocycles. The fraction of sp³-hybridized carbons (Fsp3) is 0.0588. The van der Waals surface area contributed by atoms with E-state index >= 15 is 0 Å². The Bertz CT molecular complexity index is 2290. The van der Waals surface area contributed by atoms with Gasteiger partial charge < -0.3 is 22.9 Å². The monoisotopic (exact) mass is 886 g/mol. The summed E-state index contributed by atoms with van der Waals surface area (Å²) in [5, 5.41) is 7.81. The van der Waals surface area contributed by atoms with Gasteiger partial charge in [0.1, 0.15) is 11.5 Å². The van der Waals surface area contributed by atoms with E-state index in [0.717, 1.165) is 22.6 Å². The van der Waals surface area contributed by atoms with Crippen LogP contribution in [-0.2, 0) is 25.8 Å². The fourth-order valence-corrected chi connectivity index (χ4v) is 12.1. The van der Waals surface area contributed by atoms with Crippen LogP contribution in [0.2, 0.25) is 0 Å². The number of nitrogens with one attached hydrogen (secondary N) is 1. The van der Waals surface area contributed by atoms with Gasteiger partial charge in [-0.05, 0) is 54.3 Å². The van der Waals surface area contributed by atoms with E-state index in [-0.39, 0.29) is 38.2 Å². The summed E-state index contributed by atoms with van der Waals surface area (Å²) >= 11 is 0. The van der Waals surface area contributed by atoms with Crippen LogP contribution in [0.25, 0.3) is 16.9 Å². The zero-order chi connectivity index (χ0) is 37.6. The van der Waals surface area contributed by atoms with Crippen LogP contribution in [0.4, 0.5) is 5.69 Å². The van der Waals surface area contributed by atoms with Crippen molar-refractivity contribution in [1.82, 2.24) is 0 Å². The number of para-hydroxylation sites is 2. The molecule has 8 aromatic carbocycles. The van der Waals surface area contributed by atoms with Crippen molar-refractivity contribution in [2.75, 3.05) is 0 Å². The molecule has 0 aromatic heterocycles. The van der Waals surface area contributed by atoms with Crippen molar-refractivity contribution in [3.8, 4) is 22.6 Å². The van der Waals surface area contributed by atoms with Gasteiger partial charge in [-0.3, -0.25) is 0 Å². The maximum atomic E-state index is 7.69. The smallest absolute Gasteiger partial charge is 1.00 e. The maximum absolute atomic E-state index is 7.69. The number of hydrogen-bond acceptors (Lipinski definition) is 1. The fourth-order valence-electron chi connectivity index (χ4n) is 7.29. The summed E-state index contributed by atoms with van der Waals surface area (Å²) in [5.74, 6) is 2.02. The van der Waals surface area contributed by atoms with Crippen molar-refractivity contribution >= 4 is 53.4 Å². The Hall–Kier alpha value is -4.83. The molecule has 1 aliphatic heterocycles. The Morgan fingerprint density at radius 1 is 0.456 bits per heavy atom. The molecule has 57 heavy (non-hydrogen) atoms. The third-order valence-electron chi connectivity index (χ3n) is 10.0.